The lowest BCUT2D eigenvalue weighted by Gasteiger charge is -2.08. The van der Waals surface area contributed by atoms with Gasteiger partial charge < -0.3 is 9.84 Å². The normalized spacial score (nSPS) is 11.1. The average Bonchev–Trinajstić information content (AvgIpc) is 2.42. The summed E-state index contributed by atoms with van der Waals surface area (Å²) < 4.78 is 27.6. The molecule has 3 N–H and O–H groups in total. The van der Waals surface area contributed by atoms with Gasteiger partial charge in [-0.3, -0.25) is 9.59 Å². The zero-order chi connectivity index (χ0) is 19.8. The summed E-state index contributed by atoms with van der Waals surface area (Å²) in [6, 6.07) is 3.77. The number of hydrogen-bond donors (Lipinski definition) is 2. The smallest absolute Gasteiger partial charge is 0.306 e. The van der Waals surface area contributed by atoms with Gasteiger partial charge in [-0.2, -0.15) is 0 Å². The van der Waals surface area contributed by atoms with Crippen LogP contribution >= 0.6 is 11.6 Å². The molecule has 0 saturated heterocycles. The van der Waals surface area contributed by atoms with Crippen LogP contribution in [0.4, 0.5) is 0 Å². The summed E-state index contributed by atoms with van der Waals surface area (Å²) in [4.78, 5) is 23.0. The minimum Gasteiger partial charge on any atom is -0.463 e. The van der Waals surface area contributed by atoms with E-state index in [-0.39, 0.29) is 40.5 Å². The molecule has 0 atom stereocenters. The summed E-state index contributed by atoms with van der Waals surface area (Å²) in [6.07, 6.45) is -0.584. The molecule has 9 heteroatoms. The second kappa shape index (κ2) is 10.5. The quantitative estimate of drug-likeness (QED) is 0.564. The maximum absolute atomic E-state index is 11.9. The van der Waals surface area contributed by atoms with Crippen molar-refractivity contribution in [1.82, 2.24) is 0 Å². The number of ketones is 1. The lowest BCUT2D eigenvalue weighted by molar-refractivity contribution is -0.147. The summed E-state index contributed by atoms with van der Waals surface area (Å²) >= 11 is 5.73. The number of nitrogens with two attached hydrogens (primary N) is 1. The number of aliphatic hydroxyl groups excluding tert-OH is 1. The Morgan fingerprint density at radius 1 is 1.20 bits per heavy atom. The second-order valence-electron chi connectivity index (χ2n) is 5.75. The number of primary sulfonamides is 1. The zero-order valence-electron chi connectivity index (χ0n) is 14.7. The van der Waals surface area contributed by atoms with E-state index in [1.165, 1.54) is 12.1 Å². The van der Waals surface area contributed by atoms with E-state index in [4.69, 9.17) is 26.6 Å². The number of hydrogen-bond acceptors (Lipinski definition) is 6. The van der Waals surface area contributed by atoms with E-state index in [0.29, 0.717) is 0 Å². The summed E-state index contributed by atoms with van der Waals surface area (Å²) in [6.45, 7) is 6.86. The Hall–Kier alpha value is -1.48. The highest BCUT2D eigenvalue weighted by molar-refractivity contribution is 7.89. The molecule has 1 aromatic carbocycles. The molecule has 1 aromatic rings. The number of Topliss-reactive ketones (excluding diaryl/α,β-unsaturated/α-hetero) is 1. The molecule has 0 radical (unpaired) electrons. The first kappa shape index (κ1) is 23.5. The first-order valence-electron chi connectivity index (χ1n) is 7.57. The van der Waals surface area contributed by atoms with Crippen LogP contribution in [0.1, 0.15) is 50.9 Å². The van der Waals surface area contributed by atoms with E-state index in [1.54, 1.807) is 27.7 Å². The molecule has 0 saturated carbocycles. The third-order valence-corrected chi connectivity index (χ3v) is 3.88. The third-order valence-electron chi connectivity index (χ3n) is 2.48. The van der Waals surface area contributed by atoms with E-state index in [0.717, 1.165) is 6.07 Å². The van der Waals surface area contributed by atoms with Crippen molar-refractivity contribution >= 4 is 33.4 Å². The fourth-order valence-electron chi connectivity index (χ4n) is 1.58. The van der Waals surface area contributed by atoms with Crippen molar-refractivity contribution in [1.29, 1.82) is 0 Å². The molecular formula is C16H24ClNO6S. The first-order valence-corrected chi connectivity index (χ1v) is 9.50. The average molecular weight is 394 g/mol. The number of aliphatic hydroxyl groups is 1. The van der Waals surface area contributed by atoms with Crippen LogP contribution < -0.4 is 5.14 Å². The van der Waals surface area contributed by atoms with Crippen LogP contribution in [0.15, 0.2) is 23.1 Å². The predicted octanol–water partition coefficient (Wildman–Crippen LogP) is 2.29. The Kier molecular flexibility index (Phi) is 9.88. The van der Waals surface area contributed by atoms with Gasteiger partial charge in [-0.05, 0) is 45.9 Å². The van der Waals surface area contributed by atoms with Crippen LogP contribution in [0, 0.1) is 0 Å². The topological polar surface area (TPSA) is 124 Å². The van der Waals surface area contributed by atoms with Crippen LogP contribution in [0.5, 0.6) is 0 Å². The highest BCUT2D eigenvalue weighted by atomic mass is 35.5. The molecule has 0 amide bonds. The molecular weight excluding hydrogens is 370 g/mol. The fraction of sp³-hybridized carbons (Fsp3) is 0.500. The van der Waals surface area contributed by atoms with Gasteiger partial charge in [0.1, 0.15) is 4.90 Å². The number of ether oxygens (including phenoxy) is 1. The molecule has 0 aliphatic carbocycles. The first-order chi connectivity index (χ1) is 11.3. The molecule has 0 aliphatic rings. The van der Waals surface area contributed by atoms with Crippen LogP contribution in [-0.2, 0) is 19.6 Å². The van der Waals surface area contributed by atoms with Gasteiger partial charge in [-0.1, -0.05) is 11.6 Å². The molecule has 0 unspecified atom stereocenters. The van der Waals surface area contributed by atoms with Gasteiger partial charge in [-0.25, -0.2) is 13.6 Å². The van der Waals surface area contributed by atoms with Crippen molar-refractivity contribution in [3.63, 3.8) is 0 Å². The summed E-state index contributed by atoms with van der Waals surface area (Å²) in [7, 11) is -4.01. The van der Waals surface area contributed by atoms with Crippen LogP contribution in [-0.4, -0.2) is 37.5 Å². The number of esters is 1. The molecule has 0 spiro atoms. The standard InChI is InChI=1S/C13H16ClNO5S.C3H8O/c1-8(2)20-13(17)6-5-11(16)9-3-4-10(14)12(7-9)21(15,18)19;1-3(2)4/h3-4,7-8H,5-6H2,1-2H3,(H2,15,18,19);3-4H,1-2H3. The number of carbonyl (C=O) groups excluding carboxylic acids is 2. The molecule has 0 fully saturated rings. The number of benzene rings is 1. The monoisotopic (exact) mass is 393 g/mol. The van der Waals surface area contributed by atoms with Crippen molar-refractivity contribution in [2.45, 2.75) is 57.6 Å². The third kappa shape index (κ3) is 10.2. The molecule has 0 bridgehead atoms. The van der Waals surface area contributed by atoms with Gasteiger partial charge in [0.25, 0.3) is 0 Å². The van der Waals surface area contributed by atoms with Crippen molar-refractivity contribution in [2.24, 2.45) is 5.14 Å². The van der Waals surface area contributed by atoms with Crippen LogP contribution in [0.3, 0.4) is 0 Å². The van der Waals surface area contributed by atoms with Crippen molar-refractivity contribution < 1.29 is 27.9 Å². The van der Waals surface area contributed by atoms with Gasteiger partial charge in [0.15, 0.2) is 5.78 Å². The highest BCUT2D eigenvalue weighted by Crippen LogP contribution is 2.22. The van der Waals surface area contributed by atoms with Crippen LogP contribution in [0.2, 0.25) is 5.02 Å². The largest absolute Gasteiger partial charge is 0.463 e. The van der Waals surface area contributed by atoms with Gasteiger partial charge >= 0.3 is 5.97 Å². The maximum atomic E-state index is 11.9. The van der Waals surface area contributed by atoms with E-state index >= 15 is 0 Å². The van der Waals surface area contributed by atoms with Gasteiger partial charge in [-0.15, -0.1) is 0 Å². The summed E-state index contributed by atoms with van der Waals surface area (Å²) in [5, 5.41) is 13.0. The van der Waals surface area contributed by atoms with Crippen molar-refractivity contribution in [2.75, 3.05) is 0 Å². The lowest BCUT2D eigenvalue weighted by Crippen LogP contribution is -2.15. The molecule has 1 rings (SSSR count). The Balaban J connectivity index is 0.00000129. The second-order valence-corrected chi connectivity index (χ2v) is 7.68. The zero-order valence-corrected chi connectivity index (χ0v) is 16.2. The Morgan fingerprint density at radius 3 is 2.16 bits per heavy atom. The number of sulfonamides is 1. The Labute approximate surface area is 153 Å². The minimum atomic E-state index is -4.01. The van der Waals surface area contributed by atoms with Gasteiger partial charge in [0.05, 0.1) is 17.5 Å². The van der Waals surface area contributed by atoms with E-state index in [1.807, 2.05) is 0 Å². The number of carbonyl (C=O) groups is 2. The number of rotatable bonds is 6. The molecule has 142 valence electrons. The van der Waals surface area contributed by atoms with E-state index in [2.05, 4.69) is 0 Å². The summed E-state index contributed by atoms with van der Waals surface area (Å²) in [5.41, 5.74) is 0.126. The van der Waals surface area contributed by atoms with E-state index in [9.17, 15) is 18.0 Å². The van der Waals surface area contributed by atoms with Crippen LogP contribution in [0.25, 0.3) is 0 Å². The van der Waals surface area contributed by atoms with Crippen molar-refractivity contribution in [3.8, 4) is 0 Å². The molecule has 25 heavy (non-hydrogen) atoms. The maximum Gasteiger partial charge on any atom is 0.306 e. The Morgan fingerprint density at radius 2 is 1.72 bits per heavy atom. The van der Waals surface area contributed by atoms with Gasteiger partial charge in [0, 0.05) is 18.1 Å². The molecule has 0 heterocycles. The molecule has 0 aliphatic heterocycles. The SMILES string of the molecule is CC(C)O.CC(C)OC(=O)CCC(=O)c1ccc(Cl)c(S(N)(=O)=O)c1. The minimum absolute atomic E-state index is 0.0618. The molecule has 7 nitrogen and oxygen atoms in total. The highest BCUT2D eigenvalue weighted by Gasteiger charge is 2.17. The fourth-order valence-corrected chi connectivity index (χ4v) is 2.65. The molecule has 0 aromatic heterocycles. The Bertz CT molecular complexity index is 698. The summed E-state index contributed by atoms with van der Waals surface area (Å²) in [5.74, 6) is -0.878. The lowest BCUT2D eigenvalue weighted by atomic mass is 10.1. The van der Waals surface area contributed by atoms with Crippen molar-refractivity contribution in [3.05, 3.63) is 28.8 Å². The van der Waals surface area contributed by atoms with E-state index < -0.39 is 21.8 Å². The number of halogens is 1. The van der Waals surface area contributed by atoms with Gasteiger partial charge in [0.2, 0.25) is 10.0 Å². The predicted molar refractivity (Wildman–Crippen MR) is 95.0 cm³/mol.